The van der Waals surface area contributed by atoms with Gasteiger partial charge in [0.25, 0.3) is 0 Å². The van der Waals surface area contributed by atoms with Crippen LogP contribution in [0.5, 0.6) is 0 Å². The number of para-hydroxylation sites is 1. The lowest BCUT2D eigenvalue weighted by molar-refractivity contribution is 0.458. The molecule has 0 saturated carbocycles. The first kappa shape index (κ1) is 16.1. The molecule has 3 rings (SSSR count). The Labute approximate surface area is 137 Å². The van der Waals surface area contributed by atoms with E-state index in [-0.39, 0.29) is 11.8 Å². The lowest BCUT2D eigenvalue weighted by Gasteiger charge is -2.33. The molecule has 1 saturated heterocycles. The van der Waals surface area contributed by atoms with E-state index in [9.17, 15) is 8.42 Å². The maximum atomic E-state index is 11.9. The highest BCUT2D eigenvalue weighted by Crippen LogP contribution is 2.25. The van der Waals surface area contributed by atoms with Gasteiger partial charge in [-0.05, 0) is 31.4 Å². The fourth-order valence-corrected chi connectivity index (χ4v) is 4.43. The highest BCUT2D eigenvalue weighted by Gasteiger charge is 2.24. The molecule has 0 aliphatic carbocycles. The summed E-state index contributed by atoms with van der Waals surface area (Å²) in [5, 5.41) is 1.04. The second-order valence-electron chi connectivity index (χ2n) is 5.91. The van der Waals surface area contributed by atoms with E-state index in [0.29, 0.717) is 6.42 Å². The topological polar surface area (TPSA) is 75.2 Å². The number of hydrogen-bond acceptors (Lipinski definition) is 5. The summed E-state index contributed by atoms with van der Waals surface area (Å²) in [4.78, 5) is 10.9. The van der Waals surface area contributed by atoms with E-state index in [2.05, 4.69) is 19.6 Å². The van der Waals surface area contributed by atoms with Crippen LogP contribution in [0.3, 0.4) is 0 Å². The van der Waals surface area contributed by atoms with E-state index >= 15 is 0 Å². The average molecular weight is 334 g/mol. The van der Waals surface area contributed by atoms with Crippen molar-refractivity contribution in [2.75, 3.05) is 23.7 Å². The van der Waals surface area contributed by atoms with Gasteiger partial charge in [0.15, 0.2) is 0 Å². The van der Waals surface area contributed by atoms with E-state index in [0.717, 1.165) is 42.7 Å². The van der Waals surface area contributed by atoms with Crippen LogP contribution in [0, 0.1) is 0 Å². The second-order valence-corrected chi connectivity index (χ2v) is 7.79. The Kier molecular flexibility index (Phi) is 4.77. The van der Waals surface area contributed by atoms with E-state index in [1.54, 1.807) is 6.33 Å². The molecular weight excluding hydrogens is 312 g/mol. The average Bonchev–Trinajstić information content (AvgIpc) is 2.55. The molecule has 0 amide bonds. The summed E-state index contributed by atoms with van der Waals surface area (Å²) in [7, 11) is -3.14. The Morgan fingerprint density at radius 3 is 2.70 bits per heavy atom. The first-order valence-corrected chi connectivity index (χ1v) is 9.69. The van der Waals surface area contributed by atoms with Gasteiger partial charge in [-0.2, -0.15) is 0 Å². The number of aromatic nitrogens is 2. The van der Waals surface area contributed by atoms with Gasteiger partial charge in [-0.15, -0.1) is 0 Å². The van der Waals surface area contributed by atoms with Crippen LogP contribution in [0.25, 0.3) is 10.9 Å². The van der Waals surface area contributed by atoms with Gasteiger partial charge in [0.1, 0.15) is 12.1 Å². The molecule has 2 aromatic rings. The number of piperidine rings is 1. The van der Waals surface area contributed by atoms with Crippen molar-refractivity contribution in [2.45, 2.75) is 32.2 Å². The first-order valence-electron chi connectivity index (χ1n) is 8.04. The zero-order valence-corrected chi connectivity index (χ0v) is 14.1. The molecule has 0 atom stereocenters. The predicted molar refractivity (Wildman–Crippen MR) is 92.0 cm³/mol. The summed E-state index contributed by atoms with van der Waals surface area (Å²) >= 11 is 0. The van der Waals surface area contributed by atoms with Crippen LogP contribution in [-0.2, 0) is 10.0 Å². The molecule has 124 valence electrons. The van der Waals surface area contributed by atoms with Gasteiger partial charge in [-0.25, -0.2) is 23.1 Å². The number of anilines is 1. The minimum absolute atomic E-state index is 0.0240. The molecule has 1 aromatic heterocycles. The SMILES string of the molecule is CCCS(=O)(=O)NC1CCN(c2ncnc3ccccc23)CC1. The van der Waals surface area contributed by atoms with Gasteiger partial charge in [0.05, 0.1) is 11.3 Å². The van der Waals surface area contributed by atoms with Gasteiger partial charge in [-0.1, -0.05) is 19.1 Å². The number of nitrogens with zero attached hydrogens (tertiary/aromatic N) is 3. The van der Waals surface area contributed by atoms with E-state index in [1.165, 1.54) is 0 Å². The van der Waals surface area contributed by atoms with Crippen LogP contribution in [0.15, 0.2) is 30.6 Å². The third-order valence-corrected chi connectivity index (χ3v) is 5.77. The molecule has 6 nitrogen and oxygen atoms in total. The fourth-order valence-electron chi connectivity index (χ4n) is 3.03. The summed E-state index contributed by atoms with van der Waals surface area (Å²) in [6.45, 7) is 3.46. The van der Waals surface area contributed by atoms with Crippen LogP contribution in [0.4, 0.5) is 5.82 Å². The Hall–Kier alpha value is -1.73. The molecule has 7 heteroatoms. The van der Waals surface area contributed by atoms with Crippen molar-refractivity contribution < 1.29 is 8.42 Å². The minimum Gasteiger partial charge on any atom is -0.356 e. The first-order chi connectivity index (χ1) is 11.1. The monoisotopic (exact) mass is 334 g/mol. The lowest BCUT2D eigenvalue weighted by Crippen LogP contribution is -2.45. The maximum absolute atomic E-state index is 11.9. The minimum atomic E-state index is -3.14. The smallest absolute Gasteiger partial charge is 0.211 e. The predicted octanol–water partition coefficient (Wildman–Crippen LogP) is 1.93. The molecule has 0 bridgehead atoms. The fraction of sp³-hybridized carbons (Fsp3) is 0.500. The molecule has 2 heterocycles. The van der Waals surface area contributed by atoms with Crippen LogP contribution in [0.1, 0.15) is 26.2 Å². The van der Waals surface area contributed by atoms with Crippen molar-refractivity contribution >= 4 is 26.7 Å². The molecule has 1 aromatic carbocycles. The molecule has 1 aliphatic heterocycles. The molecule has 1 aliphatic rings. The second kappa shape index (κ2) is 6.80. The Bertz CT molecular complexity index is 765. The number of fused-ring (bicyclic) bond motifs is 1. The van der Waals surface area contributed by atoms with Gasteiger partial charge < -0.3 is 4.90 Å². The molecule has 0 radical (unpaired) electrons. The van der Waals surface area contributed by atoms with Crippen molar-refractivity contribution in [1.29, 1.82) is 0 Å². The number of hydrogen-bond donors (Lipinski definition) is 1. The third-order valence-electron chi connectivity index (χ3n) is 4.14. The third kappa shape index (κ3) is 3.79. The summed E-state index contributed by atoms with van der Waals surface area (Å²) in [5.41, 5.74) is 0.934. The molecule has 1 fully saturated rings. The molecule has 0 unspecified atom stereocenters. The van der Waals surface area contributed by atoms with E-state index < -0.39 is 10.0 Å². The Morgan fingerprint density at radius 1 is 1.22 bits per heavy atom. The highest BCUT2D eigenvalue weighted by atomic mass is 32.2. The summed E-state index contributed by atoms with van der Waals surface area (Å²) < 4.78 is 26.6. The zero-order chi connectivity index (χ0) is 16.3. The van der Waals surface area contributed by atoms with Crippen molar-refractivity contribution in [3.05, 3.63) is 30.6 Å². The van der Waals surface area contributed by atoms with Crippen molar-refractivity contribution in [2.24, 2.45) is 0 Å². The van der Waals surface area contributed by atoms with Crippen LogP contribution in [-0.4, -0.2) is 43.3 Å². The summed E-state index contributed by atoms with van der Waals surface area (Å²) in [6, 6.07) is 7.98. The summed E-state index contributed by atoms with van der Waals surface area (Å²) in [6.07, 6.45) is 3.82. The van der Waals surface area contributed by atoms with Gasteiger partial charge in [0, 0.05) is 24.5 Å². The normalized spacial score (nSPS) is 16.8. The number of sulfonamides is 1. The largest absolute Gasteiger partial charge is 0.356 e. The van der Waals surface area contributed by atoms with E-state index in [4.69, 9.17) is 0 Å². The van der Waals surface area contributed by atoms with Gasteiger partial charge in [0.2, 0.25) is 10.0 Å². The maximum Gasteiger partial charge on any atom is 0.211 e. The van der Waals surface area contributed by atoms with Crippen molar-refractivity contribution in [3.63, 3.8) is 0 Å². The molecular formula is C16H22N4O2S. The van der Waals surface area contributed by atoms with Crippen LogP contribution >= 0.6 is 0 Å². The summed E-state index contributed by atoms with van der Waals surface area (Å²) in [5.74, 6) is 1.13. The Balaban J connectivity index is 1.69. The van der Waals surface area contributed by atoms with Gasteiger partial charge in [-0.3, -0.25) is 0 Å². The van der Waals surface area contributed by atoms with Crippen LogP contribution < -0.4 is 9.62 Å². The standard InChI is InChI=1S/C16H22N4O2S/c1-2-11-23(21,22)19-13-7-9-20(10-8-13)16-14-5-3-4-6-15(14)17-12-18-16/h3-6,12-13,19H,2,7-11H2,1H3. The molecule has 1 N–H and O–H groups in total. The lowest BCUT2D eigenvalue weighted by atomic mass is 10.1. The number of nitrogens with one attached hydrogen (secondary N) is 1. The Morgan fingerprint density at radius 2 is 1.96 bits per heavy atom. The van der Waals surface area contributed by atoms with Crippen molar-refractivity contribution in [3.8, 4) is 0 Å². The molecule has 0 spiro atoms. The van der Waals surface area contributed by atoms with Crippen molar-refractivity contribution in [1.82, 2.24) is 14.7 Å². The number of benzene rings is 1. The number of rotatable bonds is 5. The quantitative estimate of drug-likeness (QED) is 0.904. The molecule has 23 heavy (non-hydrogen) atoms. The highest BCUT2D eigenvalue weighted by molar-refractivity contribution is 7.89. The van der Waals surface area contributed by atoms with Crippen LogP contribution in [0.2, 0.25) is 0 Å². The zero-order valence-electron chi connectivity index (χ0n) is 13.3. The van der Waals surface area contributed by atoms with E-state index in [1.807, 2.05) is 31.2 Å². The van der Waals surface area contributed by atoms with Gasteiger partial charge >= 0.3 is 0 Å².